The molecule has 5 rings (SSSR count). The Kier molecular flexibility index (Phi) is 5.16. The van der Waals surface area contributed by atoms with Gasteiger partial charge in [-0.15, -0.1) is 0 Å². The van der Waals surface area contributed by atoms with Crippen LogP contribution in [0.3, 0.4) is 0 Å². The van der Waals surface area contributed by atoms with Gasteiger partial charge in [0.05, 0.1) is 34.8 Å². The quantitative estimate of drug-likeness (QED) is 0.330. The second kappa shape index (κ2) is 8.06. The number of amides is 1. The van der Waals surface area contributed by atoms with Crippen LogP contribution >= 0.6 is 15.9 Å². The van der Waals surface area contributed by atoms with Gasteiger partial charge in [0.1, 0.15) is 4.60 Å². The number of pyridine rings is 3. The van der Waals surface area contributed by atoms with Gasteiger partial charge < -0.3 is 10.3 Å². The van der Waals surface area contributed by atoms with Crippen LogP contribution in [0.2, 0.25) is 0 Å². The molecule has 0 aliphatic carbocycles. The van der Waals surface area contributed by atoms with Crippen molar-refractivity contribution in [1.82, 2.24) is 24.7 Å². The summed E-state index contributed by atoms with van der Waals surface area (Å²) >= 11 is 3.28. The number of carbonyl (C=O) groups is 1. The molecular weight excluding hydrogens is 517 g/mol. The summed E-state index contributed by atoms with van der Waals surface area (Å²) < 4.78 is 43.5. The summed E-state index contributed by atoms with van der Waals surface area (Å²) in [4.78, 5) is 35.7. The van der Waals surface area contributed by atoms with Gasteiger partial charge in [-0.2, -0.15) is 18.3 Å². The Morgan fingerprint density at radius 2 is 1.88 bits per heavy atom. The highest BCUT2D eigenvalue weighted by Gasteiger charge is 2.41. The number of hydrogen-bond donors (Lipinski definition) is 2. The molecular formula is C22H12BrF3N6O2. The van der Waals surface area contributed by atoms with Crippen LogP contribution in [-0.4, -0.2) is 30.6 Å². The average molecular weight is 529 g/mol. The van der Waals surface area contributed by atoms with Crippen molar-refractivity contribution in [2.45, 2.75) is 6.18 Å². The zero-order chi connectivity index (χ0) is 24.0. The van der Waals surface area contributed by atoms with E-state index in [9.17, 15) is 22.8 Å². The fraction of sp³-hybridized carbons (Fsp3) is 0.0455. The van der Waals surface area contributed by atoms with E-state index in [0.717, 1.165) is 6.20 Å². The minimum atomic E-state index is -4.92. The third-order valence-electron chi connectivity index (χ3n) is 5.12. The predicted molar refractivity (Wildman–Crippen MR) is 122 cm³/mol. The van der Waals surface area contributed by atoms with Gasteiger partial charge in [-0.1, -0.05) is 6.07 Å². The van der Waals surface area contributed by atoms with Crippen molar-refractivity contribution in [3.05, 3.63) is 87.4 Å². The van der Waals surface area contributed by atoms with Gasteiger partial charge in [-0.25, -0.2) is 9.67 Å². The predicted octanol–water partition coefficient (Wildman–Crippen LogP) is 4.69. The van der Waals surface area contributed by atoms with Gasteiger partial charge in [-0.05, 0) is 46.3 Å². The van der Waals surface area contributed by atoms with Gasteiger partial charge in [0.15, 0.2) is 5.69 Å². The summed E-state index contributed by atoms with van der Waals surface area (Å²) in [6.07, 6.45) is 0.139. The number of H-pyrrole nitrogens is 1. The summed E-state index contributed by atoms with van der Waals surface area (Å²) in [6, 6.07) is 9.01. The molecule has 0 aliphatic heterocycles. The standard InChI is InChI=1S/C22H12BrF3N6O2/c23-19-14-8-11(9-29-16(14)5-7-27-19)31-21(34)15-10-30-32(18(15)22(24,25)26)17-3-1-2-13-12(17)4-6-28-20(13)33/h1-10H,(H,28,33)(H,31,34). The third kappa shape index (κ3) is 3.71. The first-order valence-corrected chi connectivity index (χ1v) is 10.5. The normalized spacial score (nSPS) is 11.8. The molecule has 5 aromatic rings. The fourth-order valence-corrected chi connectivity index (χ4v) is 4.08. The van der Waals surface area contributed by atoms with Crippen molar-refractivity contribution >= 4 is 49.2 Å². The van der Waals surface area contributed by atoms with Crippen LogP contribution in [0.1, 0.15) is 16.1 Å². The van der Waals surface area contributed by atoms with E-state index in [0.29, 0.717) is 20.2 Å². The maximum Gasteiger partial charge on any atom is 0.434 e. The lowest BCUT2D eigenvalue weighted by Gasteiger charge is -2.14. The van der Waals surface area contributed by atoms with Crippen LogP contribution in [0.4, 0.5) is 18.9 Å². The van der Waals surface area contributed by atoms with Gasteiger partial charge >= 0.3 is 6.18 Å². The molecule has 0 radical (unpaired) electrons. The van der Waals surface area contributed by atoms with Crippen LogP contribution < -0.4 is 10.9 Å². The molecule has 1 aromatic carbocycles. The second-order valence-corrected chi connectivity index (χ2v) is 7.96. The molecule has 4 aromatic heterocycles. The van der Waals surface area contributed by atoms with E-state index < -0.39 is 28.9 Å². The van der Waals surface area contributed by atoms with Crippen molar-refractivity contribution in [3.8, 4) is 5.69 Å². The van der Waals surface area contributed by atoms with Crippen molar-refractivity contribution < 1.29 is 18.0 Å². The topological polar surface area (TPSA) is 106 Å². The highest BCUT2D eigenvalue weighted by atomic mass is 79.9. The van der Waals surface area contributed by atoms with E-state index in [4.69, 9.17) is 0 Å². The molecule has 0 aliphatic rings. The zero-order valence-corrected chi connectivity index (χ0v) is 18.5. The first-order valence-electron chi connectivity index (χ1n) is 9.71. The van der Waals surface area contributed by atoms with Crippen molar-refractivity contribution in [2.24, 2.45) is 0 Å². The molecule has 0 fully saturated rings. The Bertz CT molecular complexity index is 1640. The molecule has 0 saturated carbocycles. The summed E-state index contributed by atoms with van der Waals surface area (Å²) in [5.41, 5.74) is -1.62. The minimum Gasteiger partial charge on any atom is -0.329 e. The van der Waals surface area contributed by atoms with Gasteiger partial charge in [0.25, 0.3) is 11.5 Å². The van der Waals surface area contributed by atoms with E-state index in [2.05, 4.69) is 41.3 Å². The molecule has 34 heavy (non-hydrogen) atoms. The largest absolute Gasteiger partial charge is 0.434 e. The van der Waals surface area contributed by atoms with Gasteiger partial charge in [-0.3, -0.25) is 14.6 Å². The van der Waals surface area contributed by atoms with Crippen LogP contribution in [0.15, 0.2) is 70.6 Å². The number of hydrogen-bond acceptors (Lipinski definition) is 5. The molecule has 1 amide bonds. The smallest absolute Gasteiger partial charge is 0.329 e. The molecule has 0 bridgehead atoms. The molecule has 0 unspecified atom stereocenters. The monoisotopic (exact) mass is 528 g/mol. The number of nitrogens with zero attached hydrogens (tertiary/aromatic N) is 4. The van der Waals surface area contributed by atoms with Crippen LogP contribution in [-0.2, 0) is 6.18 Å². The van der Waals surface area contributed by atoms with E-state index in [-0.39, 0.29) is 22.1 Å². The van der Waals surface area contributed by atoms with E-state index in [1.165, 1.54) is 36.7 Å². The molecule has 4 heterocycles. The minimum absolute atomic E-state index is 0.0114. The van der Waals surface area contributed by atoms with Crippen LogP contribution in [0, 0.1) is 0 Å². The van der Waals surface area contributed by atoms with Crippen molar-refractivity contribution in [2.75, 3.05) is 5.32 Å². The Balaban J connectivity index is 1.60. The molecule has 0 atom stereocenters. The number of anilines is 1. The SMILES string of the molecule is O=C(Nc1cnc2ccnc(Br)c2c1)c1cnn(-c2cccc3c(=O)[nH]ccc23)c1C(F)(F)F. The lowest BCUT2D eigenvalue weighted by atomic mass is 10.1. The second-order valence-electron chi connectivity index (χ2n) is 7.21. The Morgan fingerprint density at radius 1 is 1.06 bits per heavy atom. The fourth-order valence-electron chi connectivity index (χ4n) is 3.64. The lowest BCUT2D eigenvalue weighted by molar-refractivity contribution is -0.143. The molecule has 12 heteroatoms. The zero-order valence-electron chi connectivity index (χ0n) is 16.9. The van der Waals surface area contributed by atoms with Crippen molar-refractivity contribution in [3.63, 3.8) is 0 Å². The van der Waals surface area contributed by atoms with E-state index in [1.807, 2.05) is 0 Å². The number of aromatic nitrogens is 5. The van der Waals surface area contributed by atoms with E-state index >= 15 is 0 Å². The average Bonchev–Trinajstić information content (AvgIpc) is 3.26. The molecule has 2 N–H and O–H groups in total. The number of rotatable bonds is 3. The van der Waals surface area contributed by atoms with E-state index in [1.54, 1.807) is 18.3 Å². The molecule has 170 valence electrons. The first-order chi connectivity index (χ1) is 16.2. The number of halogens is 4. The summed E-state index contributed by atoms with van der Waals surface area (Å²) in [7, 11) is 0. The molecule has 0 saturated heterocycles. The van der Waals surface area contributed by atoms with Crippen LogP contribution in [0.25, 0.3) is 27.4 Å². The number of alkyl halides is 3. The number of fused-ring (bicyclic) bond motifs is 2. The van der Waals surface area contributed by atoms with Gasteiger partial charge in [0, 0.05) is 28.6 Å². The Morgan fingerprint density at radius 3 is 2.68 bits per heavy atom. The maximum atomic E-state index is 14.1. The number of benzene rings is 1. The highest BCUT2D eigenvalue weighted by Crippen LogP contribution is 2.35. The van der Waals surface area contributed by atoms with Crippen molar-refractivity contribution in [1.29, 1.82) is 0 Å². The summed E-state index contributed by atoms with van der Waals surface area (Å²) in [6.45, 7) is 0. The Hall–Kier alpha value is -4.06. The third-order valence-corrected chi connectivity index (χ3v) is 5.75. The maximum absolute atomic E-state index is 14.1. The number of carbonyl (C=O) groups excluding carboxylic acids is 1. The molecule has 8 nitrogen and oxygen atoms in total. The highest BCUT2D eigenvalue weighted by molar-refractivity contribution is 9.10. The lowest BCUT2D eigenvalue weighted by Crippen LogP contribution is -2.21. The van der Waals surface area contributed by atoms with Crippen LogP contribution in [0.5, 0.6) is 0 Å². The number of aromatic amines is 1. The van der Waals surface area contributed by atoms with Gasteiger partial charge in [0.2, 0.25) is 0 Å². The summed E-state index contributed by atoms with van der Waals surface area (Å²) in [5.74, 6) is -1.02. The first kappa shape index (κ1) is 21.8. The summed E-state index contributed by atoms with van der Waals surface area (Å²) in [5, 5.41) is 7.31. The molecule has 0 spiro atoms. The Labute approximate surface area is 196 Å². The number of nitrogens with one attached hydrogen (secondary N) is 2.